The number of nitrogens with one attached hydrogen (secondary N) is 3. The summed E-state index contributed by atoms with van der Waals surface area (Å²) >= 11 is 0. The first-order valence-corrected chi connectivity index (χ1v) is 11.7. The Balaban J connectivity index is 1.10. The highest BCUT2D eigenvalue weighted by molar-refractivity contribution is 5.84. The van der Waals surface area contributed by atoms with Gasteiger partial charge in [0.1, 0.15) is 5.82 Å². The number of imidazole rings is 1. The van der Waals surface area contributed by atoms with Crippen molar-refractivity contribution >= 4 is 21.9 Å². The number of hydrogen-bond acceptors (Lipinski definition) is 3. The number of aromatic amines is 2. The van der Waals surface area contributed by atoms with Crippen molar-refractivity contribution in [2.24, 2.45) is 0 Å². The van der Waals surface area contributed by atoms with E-state index in [9.17, 15) is 0 Å². The van der Waals surface area contributed by atoms with Crippen LogP contribution in [0.2, 0.25) is 0 Å². The molecule has 2 aromatic heterocycles. The van der Waals surface area contributed by atoms with Crippen molar-refractivity contribution < 1.29 is 0 Å². The molecule has 1 aliphatic rings. The van der Waals surface area contributed by atoms with E-state index in [1.54, 1.807) is 0 Å². The Morgan fingerprint density at radius 3 is 2.65 bits per heavy atom. The number of hydrogen-bond donors (Lipinski definition) is 3. The van der Waals surface area contributed by atoms with Crippen LogP contribution in [0.4, 0.5) is 0 Å². The van der Waals surface area contributed by atoms with E-state index in [1.807, 2.05) is 0 Å². The molecule has 1 saturated heterocycles. The molecule has 3 heterocycles. The van der Waals surface area contributed by atoms with Crippen molar-refractivity contribution in [1.29, 1.82) is 0 Å². The van der Waals surface area contributed by atoms with Gasteiger partial charge in [-0.15, -0.1) is 0 Å². The molecule has 5 rings (SSSR count). The molecule has 0 radical (unpaired) electrons. The molecule has 1 fully saturated rings. The topological polar surface area (TPSA) is 59.7 Å². The van der Waals surface area contributed by atoms with Crippen LogP contribution in [0.1, 0.15) is 55.6 Å². The molecule has 4 aromatic rings. The molecule has 162 valence electrons. The smallest absolute Gasteiger partial charge is 0.110 e. The monoisotopic (exact) mass is 415 g/mol. The summed E-state index contributed by atoms with van der Waals surface area (Å²) in [5.74, 6) is 2.24. The van der Waals surface area contributed by atoms with Gasteiger partial charge in [-0.05, 0) is 61.7 Å². The van der Waals surface area contributed by atoms with E-state index in [-0.39, 0.29) is 0 Å². The molecule has 0 spiro atoms. The minimum absolute atomic E-state index is 0.524. The fourth-order valence-corrected chi connectivity index (χ4v) is 4.76. The van der Waals surface area contributed by atoms with Crippen molar-refractivity contribution in [1.82, 2.24) is 25.2 Å². The summed E-state index contributed by atoms with van der Waals surface area (Å²) in [5, 5.41) is 5.02. The summed E-state index contributed by atoms with van der Waals surface area (Å²) < 4.78 is 0. The predicted octanol–water partition coefficient (Wildman–Crippen LogP) is 5.14. The van der Waals surface area contributed by atoms with Gasteiger partial charge in [0.15, 0.2) is 0 Å². The fourth-order valence-electron chi connectivity index (χ4n) is 4.76. The first kappa shape index (κ1) is 20.3. The maximum absolute atomic E-state index is 4.82. The van der Waals surface area contributed by atoms with E-state index in [2.05, 4.69) is 82.6 Å². The zero-order valence-corrected chi connectivity index (χ0v) is 18.6. The highest BCUT2D eigenvalue weighted by atomic mass is 15.1. The summed E-state index contributed by atoms with van der Waals surface area (Å²) in [6, 6.07) is 17.2. The number of piperidine rings is 1. The van der Waals surface area contributed by atoms with E-state index in [0.717, 1.165) is 43.8 Å². The number of fused-ring (bicyclic) bond motifs is 2. The van der Waals surface area contributed by atoms with Crippen molar-refractivity contribution in [3.8, 4) is 0 Å². The lowest BCUT2D eigenvalue weighted by Gasteiger charge is -2.31. The van der Waals surface area contributed by atoms with Crippen LogP contribution in [0, 0.1) is 0 Å². The van der Waals surface area contributed by atoms with Gasteiger partial charge in [-0.1, -0.05) is 38.1 Å². The van der Waals surface area contributed by atoms with E-state index < -0.39 is 0 Å². The quantitative estimate of drug-likeness (QED) is 0.366. The number of benzene rings is 2. The second kappa shape index (κ2) is 8.85. The zero-order valence-electron chi connectivity index (χ0n) is 18.6. The van der Waals surface area contributed by atoms with Gasteiger partial charge in [0.05, 0.1) is 11.0 Å². The summed E-state index contributed by atoms with van der Waals surface area (Å²) in [4.78, 5) is 14.5. The molecule has 0 unspecified atom stereocenters. The molecule has 5 heteroatoms. The van der Waals surface area contributed by atoms with Gasteiger partial charge in [0, 0.05) is 42.1 Å². The third-order valence-corrected chi connectivity index (χ3v) is 6.70. The van der Waals surface area contributed by atoms with Gasteiger partial charge < -0.3 is 20.2 Å². The summed E-state index contributed by atoms with van der Waals surface area (Å²) in [6.07, 6.45) is 2.36. The average molecular weight is 416 g/mol. The molecule has 31 heavy (non-hydrogen) atoms. The molecule has 0 saturated carbocycles. The summed E-state index contributed by atoms with van der Waals surface area (Å²) in [5.41, 5.74) is 6.18. The van der Waals surface area contributed by atoms with Gasteiger partial charge >= 0.3 is 0 Å². The third-order valence-electron chi connectivity index (χ3n) is 6.70. The van der Waals surface area contributed by atoms with Gasteiger partial charge in [-0.2, -0.15) is 0 Å². The van der Waals surface area contributed by atoms with Crippen LogP contribution < -0.4 is 5.32 Å². The predicted molar refractivity (Wildman–Crippen MR) is 129 cm³/mol. The molecule has 0 amide bonds. The molecule has 1 aliphatic heterocycles. The fraction of sp³-hybridized carbons (Fsp3) is 0.423. The molecule has 0 aliphatic carbocycles. The van der Waals surface area contributed by atoms with Crippen molar-refractivity contribution in [3.05, 3.63) is 65.6 Å². The van der Waals surface area contributed by atoms with Crippen molar-refractivity contribution in [3.63, 3.8) is 0 Å². The van der Waals surface area contributed by atoms with Crippen LogP contribution >= 0.6 is 0 Å². The van der Waals surface area contributed by atoms with Crippen LogP contribution in [-0.2, 0) is 6.54 Å². The maximum atomic E-state index is 4.82. The molecule has 3 N–H and O–H groups in total. The van der Waals surface area contributed by atoms with E-state index in [1.165, 1.54) is 40.8 Å². The lowest BCUT2D eigenvalue weighted by atomic mass is 9.96. The number of rotatable bonds is 7. The Morgan fingerprint density at radius 2 is 1.84 bits per heavy atom. The Hall–Kier alpha value is -2.63. The van der Waals surface area contributed by atoms with Gasteiger partial charge in [-0.3, -0.25) is 0 Å². The Labute approximate surface area is 184 Å². The summed E-state index contributed by atoms with van der Waals surface area (Å²) in [7, 11) is 0. The minimum atomic E-state index is 0.524. The largest absolute Gasteiger partial charge is 0.358 e. The molecule has 0 bridgehead atoms. The number of nitrogens with zero attached hydrogens (tertiary/aromatic N) is 2. The first-order valence-electron chi connectivity index (χ1n) is 11.7. The van der Waals surface area contributed by atoms with Crippen molar-refractivity contribution in [2.75, 3.05) is 26.2 Å². The lowest BCUT2D eigenvalue weighted by Crippen LogP contribution is -2.37. The Morgan fingerprint density at radius 1 is 1.03 bits per heavy atom. The zero-order chi connectivity index (χ0) is 21.2. The molecule has 2 aromatic carbocycles. The van der Waals surface area contributed by atoms with Crippen LogP contribution in [-0.4, -0.2) is 46.0 Å². The van der Waals surface area contributed by atoms with Gasteiger partial charge in [0.25, 0.3) is 0 Å². The van der Waals surface area contributed by atoms with Gasteiger partial charge in [-0.25, -0.2) is 4.98 Å². The van der Waals surface area contributed by atoms with Crippen LogP contribution in [0.15, 0.2) is 48.5 Å². The van der Waals surface area contributed by atoms with E-state index in [4.69, 9.17) is 4.98 Å². The van der Waals surface area contributed by atoms with E-state index in [0.29, 0.717) is 11.8 Å². The second-order valence-corrected chi connectivity index (χ2v) is 9.19. The average Bonchev–Trinajstić information content (AvgIpc) is 3.42. The summed E-state index contributed by atoms with van der Waals surface area (Å²) in [6.45, 7) is 9.81. The van der Waals surface area contributed by atoms with Crippen LogP contribution in [0.25, 0.3) is 21.9 Å². The Kier molecular flexibility index (Phi) is 5.79. The lowest BCUT2D eigenvalue weighted by molar-refractivity contribution is 0.210. The maximum Gasteiger partial charge on any atom is 0.110 e. The van der Waals surface area contributed by atoms with Gasteiger partial charge in [0.2, 0.25) is 0 Å². The van der Waals surface area contributed by atoms with Crippen LogP contribution in [0.5, 0.6) is 0 Å². The molecular weight excluding hydrogens is 382 g/mol. The van der Waals surface area contributed by atoms with Crippen LogP contribution in [0.3, 0.4) is 0 Å². The second-order valence-electron chi connectivity index (χ2n) is 9.19. The number of likely N-dealkylation sites (tertiary alicyclic amines) is 1. The highest BCUT2D eigenvalue weighted by Gasteiger charge is 2.22. The SMILES string of the molecule is CC(C)c1cc2c(CNCCN3CCC(c4nc5ccccc5[nH]4)CC3)cccc2[nH]1. The standard InChI is InChI=1S/C26H33N5/c1-18(2)25-16-21-20(6-5-9-22(21)28-25)17-27-12-15-31-13-10-19(11-14-31)26-29-23-7-3-4-8-24(23)30-26/h3-9,16,18-19,27-28H,10-15,17H2,1-2H3,(H,29,30). The molecule has 5 nitrogen and oxygen atoms in total. The number of H-pyrrole nitrogens is 2. The van der Waals surface area contributed by atoms with E-state index >= 15 is 0 Å². The number of para-hydroxylation sites is 2. The minimum Gasteiger partial charge on any atom is -0.358 e. The Bertz CT molecular complexity index is 1110. The normalized spacial score (nSPS) is 16.1. The number of aromatic nitrogens is 3. The third kappa shape index (κ3) is 4.39. The highest BCUT2D eigenvalue weighted by Crippen LogP contribution is 2.27. The molecule has 0 atom stereocenters. The first-order chi connectivity index (χ1) is 15.2. The molecular formula is C26H33N5. The van der Waals surface area contributed by atoms with Crippen molar-refractivity contribution in [2.45, 2.75) is 45.1 Å².